The Morgan fingerprint density at radius 1 is 1.00 bits per heavy atom. The number of hydrogen-bond acceptors (Lipinski definition) is 6. The first-order valence-corrected chi connectivity index (χ1v) is 11.9. The van der Waals surface area contributed by atoms with Crippen molar-refractivity contribution in [3.05, 3.63) is 80.8 Å². The Hall–Kier alpha value is -4.11. The molecule has 17 heteroatoms. The molecule has 0 unspecified atom stereocenters. The van der Waals surface area contributed by atoms with Gasteiger partial charge in [0.05, 0.1) is 27.7 Å². The minimum atomic E-state index is -5.93. The van der Waals surface area contributed by atoms with Crippen molar-refractivity contribution in [2.75, 3.05) is 12.4 Å². The van der Waals surface area contributed by atoms with E-state index in [2.05, 4.69) is 31.1 Å². The number of carbonyl (C=O) groups excluding carboxylic acids is 2. The monoisotopic (exact) mass is 602 g/mol. The number of alkyl halides is 5. The Bertz CT molecular complexity index is 1600. The molecule has 2 amide bonds. The van der Waals surface area contributed by atoms with Crippen LogP contribution in [-0.2, 0) is 12.5 Å². The van der Waals surface area contributed by atoms with Gasteiger partial charge in [-0.2, -0.15) is 31.8 Å². The van der Waals surface area contributed by atoms with Crippen LogP contribution in [0.25, 0.3) is 5.69 Å². The van der Waals surface area contributed by atoms with Crippen LogP contribution in [0.1, 0.15) is 37.9 Å². The van der Waals surface area contributed by atoms with E-state index < -0.39 is 36.3 Å². The zero-order valence-corrected chi connectivity index (χ0v) is 21.9. The Morgan fingerprint density at radius 2 is 1.70 bits per heavy atom. The van der Waals surface area contributed by atoms with Gasteiger partial charge in [0.1, 0.15) is 12.2 Å². The molecule has 0 saturated heterocycles. The number of rotatable bonds is 7. The van der Waals surface area contributed by atoms with Gasteiger partial charge < -0.3 is 10.6 Å². The molecule has 0 fully saturated rings. The van der Waals surface area contributed by atoms with Gasteiger partial charge in [0.2, 0.25) is 0 Å². The molecule has 40 heavy (non-hydrogen) atoms. The highest BCUT2D eigenvalue weighted by Gasteiger charge is 2.62. The van der Waals surface area contributed by atoms with E-state index in [0.29, 0.717) is 10.4 Å². The number of nitrogens with zero attached hydrogens (tertiary/aromatic N) is 6. The number of amides is 2. The van der Waals surface area contributed by atoms with Crippen LogP contribution < -0.4 is 10.6 Å². The molecular weight excluding hydrogens is 586 g/mol. The van der Waals surface area contributed by atoms with E-state index in [1.807, 2.05) is 0 Å². The summed E-state index contributed by atoms with van der Waals surface area (Å²) in [5.41, 5.74) is 0.808. The van der Waals surface area contributed by atoms with Crippen molar-refractivity contribution in [3.63, 3.8) is 0 Å². The lowest BCUT2D eigenvalue weighted by Gasteiger charge is -2.15. The molecule has 2 aromatic carbocycles. The van der Waals surface area contributed by atoms with Gasteiger partial charge in [-0.05, 0) is 48.0 Å². The maximum absolute atomic E-state index is 13.6. The van der Waals surface area contributed by atoms with Crippen molar-refractivity contribution in [2.45, 2.75) is 25.6 Å². The van der Waals surface area contributed by atoms with E-state index in [9.17, 15) is 31.5 Å². The number of tetrazole rings is 1. The number of halogens is 7. The Kier molecular flexibility index (Phi) is 7.81. The molecule has 210 valence electrons. The summed E-state index contributed by atoms with van der Waals surface area (Å²) < 4.78 is 66.4. The second-order valence-electron chi connectivity index (χ2n) is 8.28. The van der Waals surface area contributed by atoms with E-state index in [1.54, 1.807) is 19.1 Å². The van der Waals surface area contributed by atoms with Crippen LogP contribution in [0.15, 0.2) is 42.5 Å². The largest absolute Gasteiger partial charge is 0.461 e. The summed E-state index contributed by atoms with van der Waals surface area (Å²) in [4.78, 5) is 26.4. The second kappa shape index (κ2) is 10.8. The third-order valence-electron chi connectivity index (χ3n) is 5.48. The van der Waals surface area contributed by atoms with E-state index >= 15 is 0 Å². The van der Waals surface area contributed by atoms with Crippen LogP contribution in [0.5, 0.6) is 0 Å². The van der Waals surface area contributed by atoms with E-state index in [1.165, 1.54) is 37.4 Å². The predicted octanol–water partition coefficient (Wildman–Crippen LogP) is 4.79. The standard InChI is InChI=1S/C23H17Cl2F5N8O2/c1-11-7-12(24)8-14(19(39)31-2)18(11)32-20(40)17-9-13(34-38(17)16-6-4-3-5-15(16)25)10-37-35-21(33-36-37)22(26,27)23(28,29)30/h3-9H,10H2,1-2H3,(H,31,39)(H,32,40). The normalized spacial score (nSPS) is 11.9. The minimum Gasteiger partial charge on any atom is -0.355 e. The van der Waals surface area contributed by atoms with Gasteiger partial charge in [0.15, 0.2) is 0 Å². The number of anilines is 1. The van der Waals surface area contributed by atoms with Crippen molar-refractivity contribution < 1.29 is 31.5 Å². The third kappa shape index (κ3) is 5.60. The summed E-state index contributed by atoms with van der Waals surface area (Å²) >= 11 is 12.4. The highest BCUT2D eigenvalue weighted by molar-refractivity contribution is 6.32. The van der Waals surface area contributed by atoms with Crippen LogP contribution in [0.3, 0.4) is 0 Å². The molecule has 0 saturated carbocycles. The lowest BCUT2D eigenvalue weighted by Crippen LogP contribution is -2.35. The lowest BCUT2D eigenvalue weighted by molar-refractivity contribution is -0.292. The first-order valence-electron chi connectivity index (χ1n) is 11.1. The number of carbonyl (C=O) groups is 2. The van der Waals surface area contributed by atoms with Crippen molar-refractivity contribution in [1.29, 1.82) is 0 Å². The number of benzene rings is 2. The predicted molar refractivity (Wildman–Crippen MR) is 133 cm³/mol. The highest BCUT2D eigenvalue weighted by Crippen LogP contribution is 2.41. The lowest BCUT2D eigenvalue weighted by atomic mass is 10.1. The van der Waals surface area contributed by atoms with Crippen LogP contribution >= 0.6 is 23.2 Å². The van der Waals surface area contributed by atoms with Crippen LogP contribution in [0.2, 0.25) is 10.0 Å². The van der Waals surface area contributed by atoms with Crippen molar-refractivity contribution in [1.82, 2.24) is 35.3 Å². The van der Waals surface area contributed by atoms with Crippen LogP contribution in [-0.4, -0.2) is 55.0 Å². The van der Waals surface area contributed by atoms with Gasteiger partial charge in [-0.25, -0.2) is 4.68 Å². The van der Waals surface area contributed by atoms with Crippen molar-refractivity contribution >= 4 is 40.7 Å². The molecule has 0 atom stereocenters. The smallest absolute Gasteiger partial charge is 0.355 e. The molecule has 0 aliphatic carbocycles. The fourth-order valence-corrected chi connectivity index (χ4v) is 4.07. The zero-order chi connectivity index (χ0) is 29.4. The average molecular weight is 603 g/mol. The Labute approximate surface area is 232 Å². The Balaban J connectivity index is 1.74. The number of aromatic nitrogens is 6. The quantitative estimate of drug-likeness (QED) is 0.294. The average Bonchev–Trinajstić information content (AvgIpc) is 3.52. The molecule has 2 heterocycles. The zero-order valence-electron chi connectivity index (χ0n) is 20.4. The topological polar surface area (TPSA) is 120 Å². The summed E-state index contributed by atoms with van der Waals surface area (Å²) in [5.74, 6) is -8.45. The van der Waals surface area contributed by atoms with E-state index in [0.717, 1.165) is 4.68 Å². The maximum Gasteiger partial charge on any atom is 0.461 e. The fourth-order valence-electron chi connectivity index (χ4n) is 3.58. The first kappa shape index (κ1) is 28.9. The molecule has 2 aromatic heterocycles. The van der Waals surface area contributed by atoms with E-state index in [4.69, 9.17) is 23.2 Å². The van der Waals surface area contributed by atoms with Gasteiger partial charge in [-0.3, -0.25) is 9.59 Å². The SMILES string of the molecule is CNC(=O)c1cc(Cl)cc(C)c1NC(=O)c1cc(Cn2nnc(C(F)(F)C(F)(F)F)n2)nn1-c1ccccc1Cl. The number of aryl methyl sites for hydroxylation is 1. The summed E-state index contributed by atoms with van der Waals surface area (Å²) in [6, 6.07) is 10.4. The molecule has 4 aromatic rings. The molecule has 2 N–H and O–H groups in total. The van der Waals surface area contributed by atoms with Gasteiger partial charge in [-0.1, -0.05) is 35.3 Å². The van der Waals surface area contributed by atoms with E-state index in [-0.39, 0.29) is 38.4 Å². The summed E-state index contributed by atoms with van der Waals surface area (Å²) in [7, 11) is 1.40. The van der Waals surface area contributed by atoms with Crippen LogP contribution in [0.4, 0.5) is 27.6 Å². The van der Waals surface area contributed by atoms with Gasteiger partial charge in [0.25, 0.3) is 17.6 Å². The summed E-state index contributed by atoms with van der Waals surface area (Å²) in [6.45, 7) is 1.09. The van der Waals surface area contributed by atoms with Crippen molar-refractivity contribution in [3.8, 4) is 5.69 Å². The minimum absolute atomic E-state index is 0.0105. The third-order valence-corrected chi connectivity index (χ3v) is 6.01. The van der Waals surface area contributed by atoms with Crippen molar-refractivity contribution in [2.24, 2.45) is 0 Å². The number of nitrogens with one attached hydrogen (secondary N) is 2. The fraction of sp³-hybridized carbons (Fsp3) is 0.217. The molecule has 0 radical (unpaired) electrons. The summed E-state index contributed by atoms with van der Waals surface area (Å²) in [5, 5.41) is 19.0. The molecule has 10 nitrogen and oxygen atoms in total. The second-order valence-corrected chi connectivity index (χ2v) is 9.12. The first-order chi connectivity index (χ1) is 18.7. The maximum atomic E-state index is 13.6. The molecule has 0 bridgehead atoms. The molecular formula is C23H17Cl2F5N8O2. The van der Waals surface area contributed by atoms with Gasteiger partial charge in [0, 0.05) is 12.1 Å². The molecule has 0 spiro atoms. The molecule has 0 aliphatic heterocycles. The number of para-hydroxylation sites is 1. The highest BCUT2D eigenvalue weighted by atomic mass is 35.5. The Morgan fingerprint density at radius 3 is 2.35 bits per heavy atom. The van der Waals surface area contributed by atoms with Gasteiger partial charge >= 0.3 is 12.1 Å². The van der Waals surface area contributed by atoms with Gasteiger partial charge in [-0.15, -0.1) is 10.2 Å². The molecule has 0 aliphatic rings. The summed E-state index contributed by atoms with van der Waals surface area (Å²) in [6.07, 6.45) is -5.93. The molecule has 4 rings (SSSR count). The van der Waals surface area contributed by atoms with Crippen LogP contribution in [0, 0.1) is 6.92 Å². The number of hydrogen-bond donors (Lipinski definition) is 2.